The molecule has 0 unspecified atom stereocenters. The van der Waals surface area contributed by atoms with Gasteiger partial charge in [0.05, 0.1) is 11.8 Å². The Balaban J connectivity index is 4.32. The highest BCUT2D eigenvalue weighted by atomic mass is 32.2. The summed E-state index contributed by atoms with van der Waals surface area (Å²) in [6.07, 6.45) is 2.49. The second-order valence-corrected chi connectivity index (χ2v) is 4.52. The molecule has 3 nitrogen and oxygen atoms in total. The van der Waals surface area contributed by atoms with E-state index in [1.54, 1.807) is 7.85 Å². The molecule has 0 aliphatic rings. The zero-order valence-corrected chi connectivity index (χ0v) is 8.36. The molecule has 0 spiro atoms. The Morgan fingerprint density at radius 1 is 1.36 bits per heavy atom. The summed E-state index contributed by atoms with van der Waals surface area (Å²) >= 11 is 0. The Bertz CT molecular complexity index is 206. The highest BCUT2D eigenvalue weighted by molar-refractivity contribution is 7.86. The lowest BCUT2D eigenvalue weighted by Crippen LogP contribution is -2.33. The van der Waals surface area contributed by atoms with Crippen LogP contribution in [0.3, 0.4) is 0 Å². The van der Waals surface area contributed by atoms with Gasteiger partial charge in [0.15, 0.2) is 0 Å². The maximum atomic E-state index is 10.7. The summed E-state index contributed by atoms with van der Waals surface area (Å²) in [5.74, 6) is 0. The maximum absolute atomic E-state index is 10.7. The fourth-order valence-corrected chi connectivity index (χ4v) is 1.70. The van der Waals surface area contributed by atoms with Crippen LogP contribution in [0.1, 0.15) is 26.7 Å². The Hall–Kier alpha value is -0.0251. The van der Waals surface area contributed by atoms with Crippen LogP contribution < -0.4 is 0 Å². The van der Waals surface area contributed by atoms with E-state index in [1.807, 2.05) is 13.8 Å². The normalized spacial score (nSPS) is 13.4. The van der Waals surface area contributed by atoms with Crippen molar-refractivity contribution in [1.82, 2.24) is 0 Å². The lowest BCUT2D eigenvalue weighted by atomic mass is 9.77. The largest absolute Gasteiger partial charge is 0.273 e. The van der Waals surface area contributed by atoms with Crippen molar-refractivity contribution >= 4 is 18.0 Å². The second kappa shape index (κ2) is 3.58. The molecule has 0 aromatic heterocycles. The van der Waals surface area contributed by atoms with Crippen molar-refractivity contribution < 1.29 is 12.6 Å². The molecule has 0 atom stereocenters. The molecule has 66 valence electrons. The standard InChI is InChI=1S/C6H15BO3S/c1-4-6(7,5-2)10-11(3,8)9/h4-5,7H2,1-3H3. The highest BCUT2D eigenvalue weighted by Crippen LogP contribution is 2.17. The van der Waals surface area contributed by atoms with Crippen LogP contribution >= 0.6 is 0 Å². The molecule has 0 N–H and O–H groups in total. The van der Waals surface area contributed by atoms with E-state index in [4.69, 9.17) is 4.18 Å². The summed E-state index contributed by atoms with van der Waals surface area (Å²) < 4.78 is 26.4. The quantitative estimate of drug-likeness (QED) is 0.453. The zero-order chi connectivity index (χ0) is 9.12. The summed E-state index contributed by atoms with van der Waals surface area (Å²) in [5, 5.41) is 0. The van der Waals surface area contributed by atoms with Crippen LogP contribution in [-0.2, 0) is 14.3 Å². The van der Waals surface area contributed by atoms with E-state index < -0.39 is 15.6 Å². The molecule has 0 heterocycles. The molecule has 0 amide bonds. The van der Waals surface area contributed by atoms with E-state index in [0.29, 0.717) is 12.8 Å². The highest BCUT2D eigenvalue weighted by Gasteiger charge is 2.24. The molecule has 11 heavy (non-hydrogen) atoms. The Kier molecular flexibility index (Phi) is 3.57. The summed E-state index contributed by atoms with van der Waals surface area (Å²) in [4.78, 5) is 0. The van der Waals surface area contributed by atoms with Gasteiger partial charge in [-0.25, -0.2) is 0 Å². The monoisotopic (exact) mass is 178 g/mol. The minimum absolute atomic E-state index is 0.520. The first-order chi connectivity index (χ1) is 4.83. The van der Waals surface area contributed by atoms with Gasteiger partial charge in [-0.15, -0.1) is 0 Å². The lowest BCUT2D eigenvalue weighted by molar-refractivity contribution is 0.157. The van der Waals surface area contributed by atoms with Crippen LogP contribution in [0.5, 0.6) is 0 Å². The Morgan fingerprint density at radius 3 is 1.82 bits per heavy atom. The van der Waals surface area contributed by atoms with Crippen molar-refractivity contribution in [2.24, 2.45) is 0 Å². The summed E-state index contributed by atoms with van der Waals surface area (Å²) in [6, 6.07) is 0. The summed E-state index contributed by atoms with van der Waals surface area (Å²) in [5.41, 5.74) is -0.520. The first-order valence-corrected chi connectivity index (χ1v) is 5.55. The van der Waals surface area contributed by atoms with Gasteiger partial charge in [0.25, 0.3) is 10.1 Å². The van der Waals surface area contributed by atoms with E-state index in [0.717, 1.165) is 6.26 Å². The van der Waals surface area contributed by atoms with Gasteiger partial charge in [0.1, 0.15) is 7.85 Å². The van der Waals surface area contributed by atoms with Crippen molar-refractivity contribution in [3.63, 3.8) is 0 Å². The molecule has 0 radical (unpaired) electrons. The fraction of sp³-hybridized carbons (Fsp3) is 1.00. The molecular weight excluding hydrogens is 163 g/mol. The zero-order valence-electron chi connectivity index (χ0n) is 7.55. The molecule has 0 saturated heterocycles. The predicted molar refractivity (Wildman–Crippen MR) is 47.8 cm³/mol. The maximum Gasteiger partial charge on any atom is 0.264 e. The molecule has 0 saturated carbocycles. The van der Waals surface area contributed by atoms with Gasteiger partial charge in [0.2, 0.25) is 0 Å². The summed E-state index contributed by atoms with van der Waals surface area (Å²) in [7, 11) is -1.51. The van der Waals surface area contributed by atoms with Crippen molar-refractivity contribution in [3.8, 4) is 0 Å². The fourth-order valence-electron chi connectivity index (χ4n) is 0.733. The molecule has 0 aliphatic heterocycles. The van der Waals surface area contributed by atoms with E-state index in [2.05, 4.69) is 0 Å². The van der Waals surface area contributed by atoms with Crippen LogP contribution in [0.2, 0.25) is 0 Å². The van der Waals surface area contributed by atoms with E-state index >= 15 is 0 Å². The number of hydrogen-bond acceptors (Lipinski definition) is 3. The molecule has 5 heteroatoms. The predicted octanol–water partition coefficient (Wildman–Crippen LogP) is 0.112. The van der Waals surface area contributed by atoms with Crippen molar-refractivity contribution in [2.45, 2.75) is 32.2 Å². The third-order valence-corrected chi connectivity index (χ3v) is 2.55. The smallest absolute Gasteiger partial charge is 0.264 e. The first-order valence-electron chi connectivity index (χ1n) is 3.73. The summed E-state index contributed by atoms with van der Waals surface area (Å²) in [6.45, 7) is 3.82. The number of hydrogen-bond donors (Lipinski definition) is 0. The first kappa shape index (κ1) is 11.0. The van der Waals surface area contributed by atoms with Crippen molar-refractivity contribution in [2.75, 3.05) is 6.26 Å². The SMILES string of the molecule is BC(CC)(CC)OS(C)(=O)=O. The van der Waals surface area contributed by atoms with Crippen LogP contribution in [0, 0.1) is 0 Å². The van der Waals surface area contributed by atoms with Crippen LogP contribution in [-0.4, -0.2) is 28.0 Å². The van der Waals surface area contributed by atoms with Gasteiger partial charge in [-0.2, -0.15) is 8.42 Å². The van der Waals surface area contributed by atoms with Crippen molar-refractivity contribution in [3.05, 3.63) is 0 Å². The molecule has 0 rings (SSSR count). The van der Waals surface area contributed by atoms with Crippen molar-refractivity contribution in [1.29, 1.82) is 0 Å². The van der Waals surface area contributed by atoms with E-state index in [9.17, 15) is 8.42 Å². The van der Waals surface area contributed by atoms with Gasteiger partial charge < -0.3 is 0 Å². The third kappa shape index (κ3) is 4.42. The van der Waals surface area contributed by atoms with Gasteiger partial charge in [0, 0.05) is 0 Å². The lowest BCUT2D eigenvalue weighted by Gasteiger charge is -2.25. The van der Waals surface area contributed by atoms with Gasteiger partial charge in [-0.05, 0) is 12.8 Å². The second-order valence-electron chi connectivity index (χ2n) is 2.94. The third-order valence-electron chi connectivity index (χ3n) is 1.85. The average Bonchev–Trinajstić information content (AvgIpc) is 1.84. The molecule has 0 aromatic carbocycles. The minimum atomic E-state index is -3.31. The van der Waals surface area contributed by atoms with E-state index in [-0.39, 0.29) is 0 Å². The topological polar surface area (TPSA) is 43.4 Å². The van der Waals surface area contributed by atoms with Gasteiger partial charge in [-0.1, -0.05) is 13.8 Å². The van der Waals surface area contributed by atoms with Gasteiger partial charge >= 0.3 is 0 Å². The van der Waals surface area contributed by atoms with Crippen LogP contribution in [0.25, 0.3) is 0 Å². The average molecular weight is 178 g/mol. The Morgan fingerprint density at radius 2 is 1.73 bits per heavy atom. The molecular formula is C6H15BO3S. The van der Waals surface area contributed by atoms with Crippen LogP contribution in [0.4, 0.5) is 0 Å². The van der Waals surface area contributed by atoms with Gasteiger partial charge in [-0.3, -0.25) is 4.18 Å². The minimum Gasteiger partial charge on any atom is -0.273 e. The molecule has 0 aliphatic carbocycles. The molecule has 0 fully saturated rings. The number of rotatable bonds is 4. The Labute approximate surface area is 69.7 Å². The van der Waals surface area contributed by atoms with E-state index in [1.165, 1.54) is 0 Å². The van der Waals surface area contributed by atoms with Crippen LogP contribution in [0.15, 0.2) is 0 Å². The molecule has 0 aromatic rings. The molecule has 0 bridgehead atoms.